The van der Waals surface area contributed by atoms with Crippen LogP contribution in [0.1, 0.15) is 26.2 Å². The Bertz CT molecular complexity index is 192. The van der Waals surface area contributed by atoms with Gasteiger partial charge in [0.15, 0.2) is 0 Å². The van der Waals surface area contributed by atoms with Gasteiger partial charge < -0.3 is 15.5 Å². The topological polar surface area (TPSA) is 44.4 Å². The highest BCUT2D eigenvalue weighted by atomic mass is 16.1. The van der Waals surface area contributed by atoms with Crippen LogP contribution in [-0.4, -0.2) is 50.1 Å². The molecule has 1 aliphatic carbocycles. The normalized spacial score (nSPS) is 15.7. The molecule has 0 unspecified atom stereocenters. The van der Waals surface area contributed by atoms with E-state index in [-0.39, 0.29) is 5.91 Å². The Labute approximate surface area is 92.4 Å². The largest absolute Gasteiger partial charge is 0.355 e. The number of hydrogen-bond acceptors (Lipinski definition) is 3. The fourth-order valence-electron chi connectivity index (χ4n) is 1.54. The lowest BCUT2D eigenvalue weighted by molar-refractivity contribution is -0.121. The zero-order chi connectivity index (χ0) is 11.1. The Balaban J connectivity index is 1.91. The van der Waals surface area contributed by atoms with Crippen molar-refractivity contribution in [3.63, 3.8) is 0 Å². The van der Waals surface area contributed by atoms with Crippen molar-refractivity contribution in [2.24, 2.45) is 0 Å². The molecule has 1 amide bonds. The predicted molar refractivity (Wildman–Crippen MR) is 61.8 cm³/mol. The van der Waals surface area contributed by atoms with Gasteiger partial charge in [0.2, 0.25) is 5.91 Å². The van der Waals surface area contributed by atoms with Crippen LogP contribution < -0.4 is 10.6 Å². The average molecular weight is 213 g/mol. The van der Waals surface area contributed by atoms with Gasteiger partial charge in [0.25, 0.3) is 0 Å². The summed E-state index contributed by atoms with van der Waals surface area (Å²) in [6.07, 6.45) is 3.23. The maximum atomic E-state index is 11.3. The molecule has 0 aliphatic heterocycles. The van der Waals surface area contributed by atoms with Crippen LogP contribution in [0.25, 0.3) is 0 Å². The smallest absolute Gasteiger partial charge is 0.221 e. The molecule has 0 aromatic carbocycles. The van der Waals surface area contributed by atoms with E-state index in [1.165, 1.54) is 12.8 Å². The zero-order valence-electron chi connectivity index (χ0n) is 9.88. The summed E-state index contributed by atoms with van der Waals surface area (Å²) in [6.45, 7) is 5.50. The third kappa shape index (κ3) is 5.74. The highest BCUT2D eigenvalue weighted by Gasteiger charge is 2.25. The predicted octanol–water partition coefficient (Wildman–Crippen LogP) is 0.196. The number of likely N-dealkylation sites (N-methyl/N-ethyl adjacent to an activating group) is 1. The van der Waals surface area contributed by atoms with Crippen LogP contribution in [0.15, 0.2) is 0 Å². The number of rotatable bonds is 8. The van der Waals surface area contributed by atoms with Gasteiger partial charge in [-0.2, -0.15) is 0 Å². The second-order valence-electron chi connectivity index (χ2n) is 4.17. The van der Waals surface area contributed by atoms with Crippen molar-refractivity contribution in [1.29, 1.82) is 0 Å². The van der Waals surface area contributed by atoms with Crippen molar-refractivity contribution in [3.05, 3.63) is 0 Å². The first kappa shape index (κ1) is 12.5. The molecular formula is C11H23N3O. The molecule has 2 N–H and O–H groups in total. The number of nitrogens with zero attached hydrogens (tertiary/aromatic N) is 1. The first-order valence-electron chi connectivity index (χ1n) is 5.91. The average Bonchev–Trinajstić information content (AvgIpc) is 3.01. The fourth-order valence-corrected chi connectivity index (χ4v) is 1.54. The van der Waals surface area contributed by atoms with Crippen LogP contribution in [0.4, 0.5) is 0 Å². The second-order valence-corrected chi connectivity index (χ2v) is 4.17. The molecule has 1 rings (SSSR count). The quantitative estimate of drug-likeness (QED) is 0.566. The minimum absolute atomic E-state index is 0.153. The van der Waals surface area contributed by atoms with Crippen molar-refractivity contribution < 1.29 is 4.79 Å². The first-order chi connectivity index (χ1) is 7.24. The van der Waals surface area contributed by atoms with Crippen LogP contribution >= 0.6 is 0 Å². The van der Waals surface area contributed by atoms with E-state index in [9.17, 15) is 4.79 Å². The number of amides is 1. The molecule has 0 radical (unpaired) electrons. The van der Waals surface area contributed by atoms with E-state index in [4.69, 9.17) is 0 Å². The molecule has 0 aromatic heterocycles. The van der Waals surface area contributed by atoms with Gasteiger partial charge in [-0.3, -0.25) is 4.79 Å². The van der Waals surface area contributed by atoms with Gasteiger partial charge in [0, 0.05) is 32.1 Å². The van der Waals surface area contributed by atoms with Gasteiger partial charge >= 0.3 is 0 Å². The van der Waals surface area contributed by atoms with Crippen LogP contribution in [0, 0.1) is 0 Å². The third-order valence-electron chi connectivity index (χ3n) is 2.74. The molecular weight excluding hydrogens is 190 g/mol. The molecule has 4 heteroatoms. The van der Waals surface area contributed by atoms with Gasteiger partial charge in [-0.25, -0.2) is 0 Å². The summed E-state index contributed by atoms with van der Waals surface area (Å²) >= 11 is 0. The Morgan fingerprint density at radius 2 is 2.13 bits per heavy atom. The van der Waals surface area contributed by atoms with Crippen molar-refractivity contribution in [2.45, 2.75) is 32.2 Å². The summed E-state index contributed by atoms with van der Waals surface area (Å²) < 4.78 is 0. The molecule has 0 aromatic rings. The van der Waals surface area contributed by atoms with E-state index in [0.29, 0.717) is 6.42 Å². The SMILES string of the molecule is CCNCCC(=O)NCCN(C)C1CC1. The van der Waals surface area contributed by atoms with Gasteiger partial charge in [-0.15, -0.1) is 0 Å². The Morgan fingerprint density at radius 1 is 1.40 bits per heavy atom. The molecule has 0 heterocycles. The highest BCUT2D eigenvalue weighted by molar-refractivity contribution is 5.76. The van der Waals surface area contributed by atoms with E-state index >= 15 is 0 Å². The van der Waals surface area contributed by atoms with Crippen LogP contribution in [0.5, 0.6) is 0 Å². The minimum atomic E-state index is 0.153. The lowest BCUT2D eigenvalue weighted by atomic mass is 10.4. The molecule has 0 atom stereocenters. The number of nitrogens with one attached hydrogen (secondary N) is 2. The number of hydrogen-bond donors (Lipinski definition) is 2. The summed E-state index contributed by atoms with van der Waals surface area (Å²) in [5.74, 6) is 0.153. The van der Waals surface area contributed by atoms with Crippen molar-refractivity contribution in [2.75, 3.05) is 33.2 Å². The molecule has 0 bridgehead atoms. The summed E-state index contributed by atoms with van der Waals surface area (Å²) in [7, 11) is 2.13. The van der Waals surface area contributed by atoms with Crippen LogP contribution in [0.2, 0.25) is 0 Å². The minimum Gasteiger partial charge on any atom is -0.355 e. The van der Waals surface area contributed by atoms with Crippen molar-refractivity contribution in [1.82, 2.24) is 15.5 Å². The highest BCUT2D eigenvalue weighted by Crippen LogP contribution is 2.24. The van der Waals surface area contributed by atoms with E-state index in [2.05, 4.69) is 22.6 Å². The maximum absolute atomic E-state index is 11.3. The van der Waals surface area contributed by atoms with E-state index in [0.717, 1.165) is 32.2 Å². The fraction of sp³-hybridized carbons (Fsp3) is 0.909. The molecule has 88 valence electrons. The van der Waals surface area contributed by atoms with Crippen LogP contribution in [0.3, 0.4) is 0 Å². The summed E-state index contributed by atoms with van der Waals surface area (Å²) in [5, 5.41) is 6.07. The van der Waals surface area contributed by atoms with Gasteiger partial charge in [0.05, 0.1) is 0 Å². The second kappa shape index (κ2) is 6.80. The molecule has 15 heavy (non-hydrogen) atoms. The standard InChI is InChI=1S/C11H23N3O/c1-3-12-7-6-11(15)13-8-9-14(2)10-4-5-10/h10,12H,3-9H2,1-2H3,(H,13,15). The lowest BCUT2D eigenvalue weighted by Crippen LogP contribution is -2.35. The molecule has 1 fully saturated rings. The van der Waals surface area contributed by atoms with E-state index < -0.39 is 0 Å². The molecule has 1 saturated carbocycles. The van der Waals surface area contributed by atoms with Gasteiger partial charge in [-0.05, 0) is 26.4 Å². The molecule has 1 aliphatic rings. The number of carbonyl (C=O) groups excluding carboxylic acids is 1. The molecule has 0 saturated heterocycles. The summed E-state index contributed by atoms with van der Waals surface area (Å²) in [5.41, 5.74) is 0. The monoisotopic (exact) mass is 213 g/mol. The Kier molecular flexibility index (Phi) is 5.65. The molecule has 4 nitrogen and oxygen atoms in total. The summed E-state index contributed by atoms with van der Waals surface area (Å²) in [6, 6.07) is 0.781. The van der Waals surface area contributed by atoms with Crippen molar-refractivity contribution in [3.8, 4) is 0 Å². The first-order valence-corrected chi connectivity index (χ1v) is 5.91. The van der Waals surface area contributed by atoms with E-state index in [1.807, 2.05) is 6.92 Å². The Morgan fingerprint density at radius 3 is 2.73 bits per heavy atom. The third-order valence-corrected chi connectivity index (χ3v) is 2.74. The lowest BCUT2D eigenvalue weighted by Gasteiger charge is -2.15. The zero-order valence-corrected chi connectivity index (χ0v) is 9.88. The van der Waals surface area contributed by atoms with Gasteiger partial charge in [-0.1, -0.05) is 6.92 Å². The Hall–Kier alpha value is -0.610. The van der Waals surface area contributed by atoms with Gasteiger partial charge in [0.1, 0.15) is 0 Å². The summed E-state index contributed by atoms with van der Waals surface area (Å²) in [4.78, 5) is 13.6. The maximum Gasteiger partial charge on any atom is 0.221 e. The van der Waals surface area contributed by atoms with E-state index in [1.54, 1.807) is 0 Å². The van der Waals surface area contributed by atoms with Crippen LogP contribution in [-0.2, 0) is 4.79 Å². The van der Waals surface area contributed by atoms with Crippen molar-refractivity contribution >= 4 is 5.91 Å². The number of carbonyl (C=O) groups is 1. The molecule has 0 spiro atoms.